The lowest BCUT2D eigenvalue weighted by Crippen LogP contribution is -2.39. The monoisotopic (exact) mass is 376 g/mol. The maximum Gasteiger partial charge on any atom is 0.317 e. The van der Waals surface area contributed by atoms with Crippen molar-refractivity contribution in [3.63, 3.8) is 0 Å². The number of hydrogen-bond acceptors (Lipinski definition) is 4. The first-order valence-electron chi connectivity index (χ1n) is 10.6. The van der Waals surface area contributed by atoms with E-state index < -0.39 is 0 Å². The molecule has 4 nitrogen and oxygen atoms in total. The zero-order chi connectivity index (χ0) is 20.1. The van der Waals surface area contributed by atoms with E-state index in [1.165, 1.54) is 6.42 Å². The smallest absolute Gasteiger partial charge is 0.317 e. The van der Waals surface area contributed by atoms with E-state index in [9.17, 15) is 9.59 Å². The molecule has 8 unspecified atom stereocenters. The lowest BCUT2D eigenvalue weighted by atomic mass is 9.63. The Bertz CT molecular complexity index is 622. The Morgan fingerprint density at radius 2 is 1.74 bits per heavy atom. The Hall–Kier alpha value is -1.32. The first kappa shape index (κ1) is 20.4. The third-order valence-electron chi connectivity index (χ3n) is 8.44. The van der Waals surface area contributed by atoms with Crippen LogP contribution in [0.25, 0.3) is 0 Å². The van der Waals surface area contributed by atoms with Gasteiger partial charge in [0, 0.05) is 5.41 Å². The van der Waals surface area contributed by atoms with Crippen LogP contribution >= 0.6 is 0 Å². The number of carbonyl (C=O) groups excluding carboxylic acids is 2. The SMILES string of the molecule is C=C(OC)C(C)(C)CCCC1C(=O)OC(=O)C1C1C(C)C2CC1C(C)C2C. The maximum absolute atomic E-state index is 12.6. The zero-order valence-electron chi connectivity index (χ0n) is 17.8. The van der Waals surface area contributed by atoms with E-state index in [0.29, 0.717) is 41.9 Å². The summed E-state index contributed by atoms with van der Waals surface area (Å²) in [7, 11) is 1.64. The molecule has 1 aliphatic heterocycles. The van der Waals surface area contributed by atoms with Crippen LogP contribution in [0.3, 0.4) is 0 Å². The normalized spacial score (nSPS) is 41.1. The van der Waals surface area contributed by atoms with Crippen molar-refractivity contribution in [2.45, 2.75) is 60.3 Å². The molecular formula is C23H36O4. The van der Waals surface area contributed by atoms with Crippen molar-refractivity contribution >= 4 is 11.9 Å². The van der Waals surface area contributed by atoms with Crippen LogP contribution in [-0.4, -0.2) is 19.0 Å². The molecule has 1 heterocycles. The van der Waals surface area contributed by atoms with Crippen LogP contribution in [0.2, 0.25) is 0 Å². The Balaban J connectivity index is 1.70. The molecule has 8 atom stereocenters. The van der Waals surface area contributed by atoms with Crippen LogP contribution in [0.15, 0.2) is 12.3 Å². The van der Waals surface area contributed by atoms with Gasteiger partial charge in [-0.3, -0.25) is 9.59 Å². The molecule has 0 N–H and O–H groups in total. The van der Waals surface area contributed by atoms with Crippen LogP contribution in [0, 0.1) is 52.8 Å². The van der Waals surface area contributed by atoms with Crippen molar-refractivity contribution in [3.05, 3.63) is 12.3 Å². The molecule has 4 heteroatoms. The molecule has 2 saturated carbocycles. The lowest BCUT2D eigenvalue weighted by Gasteiger charge is -2.39. The highest BCUT2D eigenvalue weighted by Crippen LogP contribution is 2.61. The number of cyclic esters (lactones) is 2. The molecule has 0 aromatic heterocycles. The van der Waals surface area contributed by atoms with E-state index in [2.05, 4.69) is 41.2 Å². The number of carbonyl (C=O) groups is 2. The van der Waals surface area contributed by atoms with Crippen molar-refractivity contribution in [1.82, 2.24) is 0 Å². The average molecular weight is 377 g/mol. The fourth-order valence-electron chi connectivity index (χ4n) is 6.45. The van der Waals surface area contributed by atoms with Crippen molar-refractivity contribution in [3.8, 4) is 0 Å². The third kappa shape index (κ3) is 3.34. The predicted octanol–water partition coefficient (Wildman–Crippen LogP) is 4.83. The summed E-state index contributed by atoms with van der Waals surface area (Å²) in [5, 5.41) is 0. The average Bonchev–Trinajstić information content (AvgIpc) is 3.18. The topological polar surface area (TPSA) is 52.6 Å². The molecule has 0 aromatic rings. The highest BCUT2D eigenvalue weighted by molar-refractivity contribution is 5.96. The van der Waals surface area contributed by atoms with Crippen molar-refractivity contribution < 1.29 is 19.1 Å². The fourth-order valence-corrected chi connectivity index (χ4v) is 6.45. The molecule has 27 heavy (non-hydrogen) atoms. The molecule has 1 saturated heterocycles. The van der Waals surface area contributed by atoms with Crippen LogP contribution in [0.4, 0.5) is 0 Å². The number of esters is 2. The summed E-state index contributed by atoms with van der Waals surface area (Å²) in [4.78, 5) is 25.1. The number of hydrogen-bond donors (Lipinski definition) is 0. The highest BCUT2D eigenvalue weighted by atomic mass is 16.6. The van der Waals surface area contributed by atoms with Gasteiger partial charge in [0.1, 0.15) is 0 Å². The van der Waals surface area contributed by atoms with E-state index in [-0.39, 0.29) is 29.2 Å². The van der Waals surface area contributed by atoms with Gasteiger partial charge in [-0.2, -0.15) is 0 Å². The van der Waals surface area contributed by atoms with E-state index in [1.54, 1.807) is 7.11 Å². The maximum atomic E-state index is 12.6. The van der Waals surface area contributed by atoms with E-state index in [4.69, 9.17) is 9.47 Å². The second-order valence-corrected chi connectivity index (χ2v) is 9.99. The standard InChI is InChI=1S/C23H36O4/c1-12-13(2)18-11-17(12)14(3)19(18)20-16(21(24)27-22(20)25)9-8-10-23(5,6)15(4)26-7/h12-14,16-20H,4,8-11H2,1-3,5-7H3. The van der Waals surface area contributed by atoms with Gasteiger partial charge in [-0.1, -0.05) is 47.6 Å². The third-order valence-corrected chi connectivity index (χ3v) is 8.44. The van der Waals surface area contributed by atoms with Gasteiger partial charge in [-0.05, 0) is 54.8 Å². The van der Waals surface area contributed by atoms with Gasteiger partial charge in [0.15, 0.2) is 0 Å². The van der Waals surface area contributed by atoms with E-state index >= 15 is 0 Å². The number of allylic oxidation sites excluding steroid dienone is 1. The van der Waals surface area contributed by atoms with Crippen molar-refractivity contribution in [2.24, 2.45) is 52.8 Å². The number of ether oxygens (including phenoxy) is 2. The second kappa shape index (κ2) is 7.25. The number of rotatable bonds is 7. The summed E-state index contributed by atoms with van der Waals surface area (Å²) in [6, 6.07) is 0. The summed E-state index contributed by atoms with van der Waals surface area (Å²) in [6.45, 7) is 15.2. The molecule has 0 radical (unpaired) electrons. The van der Waals surface area contributed by atoms with Crippen molar-refractivity contribution in [2.75, 3.05) is 7.11 Å². The highest BCUT2D eigenvalue weighted by Gasteiger charge is 2.60. The number of methoxy groups -OCH3 is 1. The van der Waals surface area contributed by atoms with Gasteiger partial charge >= 0.3 is 11.9 Å². The molecule has 0 spiro atoms. The molecule has 0 amide bonds. The molecule has 152 valence electrons. The van der Waals surface area contributed by atoms with Gasteiger partial charge in [-0.25, -0.2) is 0 Å². The first-order valence-corrected chi connectivity index (χ1v) is 10.6. The molecule has 2 aliphatic carbocycles. The molecule has 2 bridgehead atoms. The second-order valence-electron chi connectivity index (χ2n) is 9.99. The Morgan fingerprint density at radius 3 is 2.33 bits per heavy atom. The molecule has 3 rings (SSSR count). The van der Waals surface area contributed by atoms with Gasteiger partial charge in [0.2, 0.25) is 0 Å². The Kier molecular flexibility index (Phi) is 5.48. The van der Waals surface area contributed by atoms with Gasteiger partial charge < -0.3 is 9.47 Å². The summed E-state index contributed by atoms with van der Waals surface area (Å²) >= 11 is 0. The van der Waals surface area contributed by atoms with Gasteiger partial charge in [0.05, 0.1) is 24.7 Å². The van der Waals surface area contributed by atoms with Crippen molar-refractivity contribution in [1.29, 1.82) is 0 Å². The molecule has 3 aliphatic rings. The predicted molar refractivity (Wildman–Crippen MR) is 104 cm³/mol. The first-order chi connectivity index (χ1) is 12.6. The molecular weight excluding hydrogens is 340 g/mol. The zero-order valence-corrected chi connectivity index (χ0v) is 17.8. The summed E-state index contributed by atoms with van der Waals surface area (Å²) < 4.78 is 10.5. The summed E-state index contributed by atoms with van der Waals surface area (Å²) in [5.41, 5.74) is -0.138. The quantitative estimate of drug-likeness (QED) is 0.363. The summed E-state index contributed by atoms with van der Waals surface area (Å²) in [5.74, 6) is 3.04. The minimum atomic E-state index is -0.302. The van der Waals surface area contributed by atoms with Crippen LogP contribution in [0.5, 0.6) is 0 Å². The largest absolute Gasteiger partial charge is 0.501 e. The minimum absolute atomic E-state index is 0.138. The van der Waals surface area contributed by atoms with Gasteiger partial charge in [-0.15, -0.1) is 0 Å². The summed E-state index contributed by atoms with van der Waals surface area (Å²) in [6.07, 6.45) is 3.66. The van der Waals surface area contributed by atoms with E-state index in [0.717, 1.165) is 18.6 Å². The van der Waals surface area contributed by atoms with Gasteiger partial charge in [0.25, 0.3) is 0 Å². The van der Waals surface area contributed by atoms with Crippen LogP contribution in [-0.2, 0) is 19.1 Å². The lowest BCUT2D eigenvalue weighted by molar-refractivity contribution is -0.154. The van der Waals surface area contributed by atoms with Crippen LogP contribution < -0.4 is 0 Å². The van der Waals surface area contributed by atoms with E-state index in [1.807, 2.05) is 0 Å². The number of fused-ring (bicyclic) bond motifs is 2. The molecule has 0 aromatic carbocycles. The van der Waals surface area contributed by atoms with Crippen LogP contribution in [0.1, 0.15) is 60.3 Å². The minimum Gasteiger partial charge on any atom is -0.501 e. The Morgan fingerprint density at radius 1 is 1.11 bits per heavy atom. The fraction of sp³-hybridized carbons (Fsp3) is 0.826. The Labute approximate surface area is 164 Å². The molecule has 3 fully saturated rings.